The highest BCUT2D eigenvalue weighted by atomic mass is 127. The highest BCUT2D eigenvalue weighted by Gasteiger charge is 2.15. The van der Waals surface area contributed by atoms with E-state index in [0.717, 1.165) is 12.0 Å². The van der Waals surface area contributed by atoms with E-state index in [2.05, 4.69) is 38.4 Å². The van der Waals surface area contributed by atoms with Gasteiger partial charge in [-0.1, -0.05) is 24.6 Å². The molecular weight excluding hydrogens is 661 g/mol. The number of ether oxygens (including phenoxy) is 4. The van der Waals surface area contributed by atoms with E-state index >= 15 is 0 Å². The van der Waals surface area contributed by atoms with Crippen LogP contribution >= 0.6 is 34.2 Å². The molecule has 2 amide bonds. The second kappa shape index (κ2) is 16.1. The van der Waals surface area contributed by atoms with Crippen molar-refractivity contribution in [2.75, 3.05) is 31.7 Å². The van der Waals surface area contributed by atoms with Crippen LogP contribution in [0, 0.1) is 10.5 Å². The first-order valence-electron chi connectivity index (χ1n) is 13.1. The maximum absolute atomic E-state index is 12.7. The summed E-state index contributed by atoms with van der Waals surface area (Å²) in [4.78, 5) is 25.2. The van der Waals surface area contributed by atoms with Crippen LogP contribution in [0.2, 0.25) is 5.02 Å². The van der Waals surface area contributed by atoms with Gasteiger partial charge in [-0.2, -0.15) is 5.10 Å². The fourth-order valence-electron chi connectivity index (χ4n) is 3.55. The summed E-state index contributed by atoms with van der Waals surface area (Å²) in [6.07, 6.45) is 2.36. The zero-order chi connectivity index (χ0) is 29.8. The molecule has 218 valence electrons. The monoisotopic (exact) mass is 693 g/mol. The Morgan fingerprint density at radius 3 is 2.39 bits per heavy atom. The van der Waals surface area contributed by atoms with Crippen LogP contribution < -0.4 is 29.7 Å². The first kappa shape index (κ1) is 32.0. The molecule has 0 saturated heterocycles. The number of nitrogens with zero attached hydrogens (tertiary/aromatic N) is 1. The molecule has 0 spiro atoms. The summed E-state index contributed by atoms with van der Waals surface area (Å²) in [5, 5.41) is 7.43. The topological polar surface area (TPSA) is 107 Å². The van der Waals surface area contributed by atoms with Gasteiger partial charge in [0.05, 0.1) is 29.6 Å². The molecular formula is C30H33ClIN3O6. The summed E-state index contributed by atoms with van der Waals surface area (Å²) >= 11 is 8.24. The second-order valence-electron chi connectivity index (χ2n) is 8.71. The number of carbonyl (C=O) groups excluding carboxylic acids is 2. The summed E-state index contributed by atoms with van der Waals surface area (Å²) < 4.78 is 23.6. The molecule has 3 aromatic rings. The molecule has 0 atom stereocenters. The summed E-state index contributed by atoms with van der Waals surface area (Å²) in [5.74, 6) is 1.23. The molecule has 0 bridgehead atoms. The molecule has 0 fully saturated rings. The molecule has 2 N–H and O–H groups in total. The molecule has 0 unspecified atom stereocenters. The number of benzene rings is 3. The average molecular weight is 694 g/mol. The van der Waals surface area contributed by atoms with Gasteiger partial charge in [0.1, 0.15) is 0 Å². The van der Waals surface area contributed by atoms with E-state index in [1.807, 2.05) is 33.8 Å². The molecule has 11 heteroatoms. The van der Waals surface area contributed by atoms with Crippen molar-refractivity contribution in [3.63, 3.8) is 0 Å². The number of amides is 2. The van der Waals surface area contributed by atoms with E-state index in [1.165, 1.54) is 6.21 Å². The minimum absolute atomic E-state index is 0.225. The van der Waals surface area contributed by atoms with Crippen molar-refractivity contribution in [1.29, 1.82) is 0 Å². The van der Waals surface area contributed by atoms with Gasteiger partial charge in [0, 0.05) is 16.3 Å². The van der Waals surface area contributed by atoms with Crippen molar-refractivity contribution in [3.05, 3.63) is 73.8 Å². The van der Waals surface area contributed by atoms with Crippen LogP contribution in [0.3, 0.4) is 0 Å². The van der Waals surface area contributed by atoms with Crippen LogP contribution in [0.5, 0.6) is 23.0 Å². The van der Waals surface area contributed by atoms with Crippen LogP contribution in [0.25, 0.3) is 0 Å². The fraction of sp³-hybridized carbons (Fsp3) is 0.300. The Morgan fingerprint density at radius 2 is 1.68 bits per heavy atom. The summed E-state index contributed by atoms with van der Waals surface area (Å²) in [6, 6.07) is 13.8. The zero-order valence-electron chi connectivity index (χ0n) is 23.4. The first-order valence-corrected chi connectivity index (χ1v) is 14.6. The Labute approximate surface area is 258 Å². The van der Waals surface area contributed by atoms with Gasteiger partial charge < -0.3 is 24.3 Å². The minimum Gasteiger partial charge on any atom is -0.490 e. The van der Waals surface area contributed by atoms with Crippen molar-refractivity contribution in [2.45, 2.75) is 34.1 Å². The molecule has 0 aliphatic heterocycles. The molecule has 41 heavy (non-hydrogen) atoms. The minimum atomic E-state index is -0.398. The van der Waals surface area contributed by atoms with Gasteiger partial charge in [-0.15, -0.1) is 0 Å². The van der Waals surface area contributed by atoms with Crippen molar-refractivity contribution >= 4 is 57.9 Å². The van der Waals surface area contributed by atoms with E-state index < -0.39 is 5.91 Å². The third-order valence-electron chi connectivity index (χ3n) is 5.48. The third-order valence-corrected chi connectivity index (χ3v) is 6.69. The largest absolute Gasteiger partial charge is 0.490 e. The predicted molar refractivity (Wildman–Crippen MR) is 169 cm³/mol. The van der Waals surface area contributed by atoms with E-state index in [1.54, 1.807) is 42.5 Å². The predicted octanol–water partition coefficient (Wildman–Crippen LogP) is 6.62. The zero-order valence-corrected chi connectivity index (χ0v) is 26.3. The lowest BCUT2D eigenvalue weighted by Crippen LogP contribution is -2.20. The van der Waals surface area contributed by atoms with Crippen LogP contribution in [-0.4, -0.2) is 44.5 Å². The molecule has 3 aromatic carbocycles. The molecule has 0 saturated carbocycles. The lowest BCUT2D eigenvalue weighted by atomic mass is 10.2. The molecule has 0 aliphatic carbocycles. The molecule has 0 aliphatic rings. The normalized spacial score (nSPS) is 10.8. The van der Waals surface area contributed by atoms with Crippen LogP contribution in [0.15, 0.2) is 53.6 Å². The van der Waals surface area contributed by atoms with E-state index in [-0.39, 0.29) is 12.5 Å². The van der Waals surface area contributed by atoms with Crippen molar-refractivity contribution in [2.24, 2.45) is 5.10 Å². The Balaban J connectivity index is 1.66. The van der Waals surface area contributed by atoms with Gasteiger partial charge in [-0.3, -0.25) is 9.59 Å². The Bertz CT molecular complexity index is 1400. The van der Waals surface area contributed by atoms with Gasteiger partial charge in [0.2, 0.25) is 0 Å². The summed E-state index contributed by atoms with van der Waals surface area (Å²) in [6.45, 7) is 8.78. The van der Waals surface area contributed by atoms with Gasteiger partial charge in [-0.05, 0) is 103 Å². The fourth-order valence-corrected chi connectivity index (χ4v) is 4.51. The van der Waals surface area contributed by atoms with Gasteiger partial charge in [-0.25, -0.2) is 5.43 Å². The van der Waals surface area contributed by atoms with Gasteiger partial charge in [0.25, 0.3) is 11.8 Å². The number of nitrogens with one attached hydrogen (secondary N) is 2. The Hall–Kier alpha value is -3.51. The Kier molecular flexibility index (Phi) is 12.5. The standard InChI is InChI=1S/C30H33ClIN3O6/c1-5-12-40-25-11-9-21(15-26(25)38-6-2)30(37)35-33-17-20-13-24(32)29(27(14-20)39-7-3)41-18-28(36)34-22-10-8-19(4)23(31)16-22/h8-11,13-17H,5-7,12,18H2,1-4H3,(H,34,36)(H,35,37)/b33-17+. The number of rotatable bonds is 14. The maximum atomic E-state index is 12.7. The van der Waals surface area contributed by atoms with E-state index in [4.69, 9.17) is 30.5 Å². The molecule has 9 nitrogen and oxygen atoms in total. The maximum Gasteiger partial charge on any atom is 0.271 e. The molecule has 3 rings (SSSR count). The SMILES string of the molecule is CCCOc1ccc(C(=O)N/N=C/c2cc(I)c(OCC(=O)Nc3ccc(C)c(Cl)c3)c(OCC)c2)cc1OCC. The summed E-state index contributed by atoms with van der Waals surface area (Å²) in [7, 11) is 0. The first-order chi connectivity index (χ1) is 19.7. The molecule has 0 heterocycles. The number of aryl methyl sites for hydroxylation is 1. The van der Waals surface area contributed by atoms with Crippen molar-refractivity contribution in [1.82, 2.24) is 5.43 Å². The average Bonchev–Trinajstić information content (AvgIpc) is 2.94. The highest BCUT2D eigenvalue weighted by molar-refractivity contribution is 14.1. The van der Waals surface area contributed by atoms with Crippen LogP contribution in [-0.2, 0) is 4.79 Å². The molecule has 0 radical (unpaired) electrons. The second-order valence-corrected chi connectivity index (χ2v) is 10.3. The van der Waals surface area contributed by atoms with E-state index in [0.29, 0.717) is 68.2 Å². The lowest BCUT2D eigenvalue weighted by molar-refractivity contribution is -0.118. The number of hydrazone groups is 1. The van der Waals surface area contributed by atoms with Crippen molar-refractivity contribution in [3.8, 4) is 23.0 Å². The number of halogens is 2. The number of anilines is 1. The van der Waals surface area contributed by atoms with E-state index in [9.17, 15) is 9.59 Å². The number of carbonyl (C=O) groups is 2. The quantitative estimate of drug-likeness (QED) is 0.112. The van der Waals surface area contributed by atoms with Gasteiger partial charge >= 0.3 is 0 Å². The van der Waals surface area contributed by atoms with Crippen LogP contribution in [0.4, 0.5) is 5.69 Å². The smallest absolute Gasteiger partial charge is 0.271 e. The molecule has 0 aromatic heterocycles. The van der Waals surface area contributed by atoms with Crippen molar-refractivity contribution < 1.29 is 28.5 Å². The highest BCUT2D eigenvalue weighted by Crippen LogP contribution is 2.34. The Morgan fingerprint density at radius 1 is 0.927 bits per heavy atom. The number of hydrogen-bond acceptors (Lipinski definition) is 7. The third kappa shape index (κ3) is 9.53. The lowest BCUT2D eigenvalue weighted by Gasteiger charge is -2.15. The van der Waals surface area contributed by atoms with Crippen LogP contribution in [0.1, 0.15) is 48.7 Å². The number of hydrogen-bond donors (Lipinski definition) is 2. The van der Waals surface area contributed by atoms with Gasteiger partial charge in [0.15, 0.2) is 29.6 Å². The summed E-state index contributed by atoms with van der Waals surface area (Å²) in [5.41, 5.74) is 5.08.